The number of nitrogens with one attached hydrogen (secondary N) is 1. The number of rotatable bonds is 4. The first-order valence-electron chi connectivity index (χ1n) is 8.18. The Morgan fingerprint density at radius 3 is 2.67 bits per heavy atom. The summed E-state index contributed by atoms with van der Waals surface area (Å²) in [6.07, 6.45) is 0.0744. The zero-order valence-corrected chi connectivity index (χ0v) is 18.4. The van der Waals surface area contributed by atoms with E-state index in [0.29, 0.717) is 15.9 Å². The number of carbonyl (C=O) groups excluding carboxylic acids is 2. The normalized spacial score (nSPS) is 18.2. The van der Waals surface area contributed by atoms with Crippen molar-refractivity contribution in [1.82, 2.24) is 4.90 Å². The van der Waals surface area contributed by atoms with Crippen LogP contribution in [0.15, 0.2) is 47.5 Å². The average Bonchev–Trinajstić information content (AvgIpc) is 2.88. The number of halogens is 2. The van der Waals surface area contributed by atoms with Gasteiger partial charge in [-0.3, -0.25) is 14.5 Å². The number of anilines is 1. The predicted molar refractivity (Wildman–Crippen MR) is 120 cm³/mol. The van der Waals surface area contributed by atoms with E-state index in [4.69, 9.17) is 11.6 Å². The van der Waals surface area contributed by atoms with Gasteiger partial charge in [-0.2, -0.15) is 0 Å². The van der Waals surface area contributed by atoms with Gasteiger partial charge in [0.05, 0.1) is 5.69 Å². The molecule has 1 heterocycles. The van der Waals surface area contributed by atoms with Crippen molar-refractivity contribution in [2.24, 2.45) is 4.99 Å². The minimum atomic E-state index is -0.487. The highest BCUT2D eigenvalue weighted by atomic mass is 127. The maximum Gasteiger partial charge on any atom is 0.242 e. The summed E-state index contributed by atoms with van der Waals surface area (Å²) in [7, 11) is 1.68. The van der Waals surface area contributed by atoms with E-state index >= 15 is 0 Å². The molecule has 0 aromatic heterocycles. The van der Waals surface area contributed by atoms with Crippen LogP contribution in [0.5, 0.6) is 0 Å². The van der Waals surface area contributed by atoms with Crippen LogP contribution in [0, 0.1) is 10.5 Å². The Morgan fingerprint density at radius 2 is 2.00 bits per heavy atom. The number of aliphatic imine (C=N–C) groups is 1. The molecule has 1 aliphatic heterocycles. The van der Waals surface area contributed by atoms with Crippen molar-refractivity contribution < 1.29 is 9.59 Å². The minimum Gasteiger partial charge on any atom is -0.326 e. The number of carbonyl (C=O) groups is 2. The fourth-order valence-corrected chi connectivity index (χ4v) is 4.17. The van der Waals surface area contributed by atoms with Crippen molar-refractivity contribution in [3.8, 4) is 0 Å². The molecule has 0 aliphatic carbocycles. The van der Waals surface area contributed by atoms with E-state index in [1.807, 2.05) is 37.3 Å². The van der Waals surface area contributed by atoms with Gasteiger partial charge in [0.25, 0.3) is 0 Å². The lowest BCUT2D eigenvalue weighted by atomic mass is 10.2. The summed E-state index contributed by atoms with van der Waals surface area (Å²) in [4.78, 5) is 30.8. The second kappa shape index (κ2) is 8.62. The molecule has 1 unspecified atom stereocenters. The predicted octanol–water partition coefficient (Wildman–Crippen LogP) is 4.84. The van der Waals surface area contributed by atoms with E-state index in [-0.39, 0.29) is 18.2 Å². The number of amidine groups is 1. The molecule has 1 atom stereocenters. The summed E-state index contributed by atoms with van der Waals surface area (Å²) in [5, 5.41) is 3.49. The largest absolute Gasteiger partial charge is 0.326 e. The molecule has 140 valence electrons. The molecule has 2 amide bonds. The molecule has 0 saturated carbocycles. The van der Waals surface area contributed by atoms with Gasteiger partial charge in [-0.05, 0) is 71.5 Å². The molecule has 0 radical (unpaired) electrons. The zero-order valence-electron chi connectivity index (χ0n) is 14.7. The van der Waals surface area contributed by atoms with E-state index < -0.39 is 5.25 Å². The Labute approximate surface area is 180 Å². The highest BCUT2D eigenvalue weighted by molar-refractivity contribution is 14.1. The lowest BCUT2D eigenvalue weighted by molar-refractivity contribution is -0.127. The number of thioether (sulfide) groups is 1. The summed E-state index contributed by atoms with van der Waals surface area (Å²) in [5.74, 6) is -0.356. The smallest absolute Gasteiger partial charge is 0.242 e. The van der Waals surface area contributed by atoms with Crippen molar-refractivity contribution >= 4 is 74.3 Å². The monoisotopic (exact) mass is 513 g/mol. The lowest BCUT2D eigenvalue weighted by Gasteiger charge is -2.10. The van der Waals surface area contributed by atoms with Gasteiger partial charge in [0.1, 0.15) is 5.25 Å². The molecule has 2 aromatic rings. The van der Waals surface area contributed by atoms with Crippen LogP contribution in [-0.4, -0.2) is 34.2 Å². The average molecular weight is 514 g/mol. The van der Waals surface area contributed by atoms with Gasteiger partial charge in [0, 0.05) is 27.7 Å². The first-order valence-corrected chi connectivity index (χ1v) is 10.5. The topological polar surface area (TPSA) is 61.8 Å². The first-order chi connectivity index (χ1) is 12.8. The lowest BCUT2D eigenvalue weighted by Crippen LogP contribution is -2.30. The maximum atomic E-state index is 12.5. The van der Waals surface area contributed by atoms with Crippen LogP contribution in [0.1, 0.15) is 12.0 Å². The highest BCUT2D eigenvalue weighted by Crippen LogP contribution is 2.31. The van der Waals surface area contributed by atoms with Crippen LogP contribution < -0.4 is 5.32 Å². The van der Waals surface area contributed by atoms with Crippen LogP contribution >= 0.6 is 46.0 Å². The standard InChI is InChI=1S/C19H17ClIN3O2S/c1-11-3-6-14(9-15(11)20)22-17(25)10-16-18(26)24(2)19(27-16)23-13-7-4-12(21)5-8-13/h3-9,16H,10H2,1-2H3,(H,22,25). The Morgan fingerprint density at radius 1 is 1.30 bits per heavy atom. The van der Waals surface area contributed by atoms with Crippen molar-refractivity contribution in [1.29, 1.82) is 0 Å². The Kier molecular flexibility index (Phi) is 6.44. The van der Waals surface area contributed by atoms with Gasteiger partial charge < -0.3 is 5.32 Å². The fourth-order valence-electron chi connectivity index (χ4n) is 2.47. The van der Waals surface area contributed by atoms with Crippen molar-refractivity contribution in [3.05, 3.63) is 56.6 Å². The molecule has 0 spiro atoms. The van der Waals surface area contributed by atoms with Gasteiger partial charge in [-0.25, -0.2) is 4.99 Å². The number of hydrogen-bond donors (Lipinski definition) is 1. The molecule has 1 fully saturated rings. The maximum absolute atomic E-state index is 12.5. The summed E-state index contributed by atoms with van der Waals surface area (Å²) >= 11 is 9.62. The van der Waals surface area contributed by atoms with E-state index in [0.717, 1.165) is 14.8 Å². The molecule has 0 bridgehead atoms. The quantitative estimate of drug-likeness (QED) is 0.595. The number of aryl methyl sites for hydroxylation is 1. The van der Waals surface area contributed by atoms with E-state index in [1.165, 1.54) is 16.7 Å². The Hall–Kier alpha value is -1.58. The third-order valence-corrected chi connectivity index (χ3v) is 6.37. The van der Waals surface area contributed by atoms with Crippen molar-refractivity contribution in [2.75, 3.05) is 12.4 Å². The molecule has 1 N–H and O–H groups in total. The number of hydrogen-bond acceptors (Lipinski definition) is 4. The van der Waals surface area contributed by atoms with Gasteiger partial charge in [-0.15, -0.1) is 0 Å². The Bertz CT molecular complexity index is 918. The zero-order chi connectivity index (χ0) is 19.6. The number of amides is 2. The van der Waals surface area contributed by atoms with E-state index in [1.54, 1.807) is 19.2 Å². The van der Waals surface area contributed by atoms with Crippen LogP contribution in [0.3, 0.4) is 0 Å². The van der Waals surface area contributed by atoms with Gasteiger partial charge in [0.2, 0.25) is 11.8 Å². The van der Waals surface area contributed by atoms with E-state index in [2.05, 4.69) is 32.9 Å². The SMILES string of the molecule is Cc1ccc(NC(=O)CC2SC(=Nc3ccc(I)cc3)N(C)C2=O)cc1Cl. The third-order valence-electron chi connectivity index (χ3n) is 4.02. The van der Waals surface area contributed by atoms with Crippen molar-refractivity contribution in [3.63, 3.8) is 0 Å². The third kappa shape index (κ3) is 5.03. The molecule has 27 heavy (non-hydrogen) atoms. The Balaban J connectivity index is 1.66. The minimum absolute atomic E-state index is 0.0744. The van der Waals surface area contributed by atoms with Gasteiger partial charge in [-0.1, -0.05) is 29.4 Å². The first kappa shape index (κ1) is 20.2. The van der Waals surface area contributed by atoms with Crippen LogP contribution in [-0.2, 0) is 9.59 Å². The highest BCUT2D eigenvalue weighted by Gasteiger charge is 2.37. The number of nitrogens with zero attached hydrogens (tertiary/aromatic N) is 2. The molecular formula is C19H17ClIN3O2S. The molecule has 1 aliphatic rings. The molecule has 5 nitrogen and oxygen atoms in total. The van der Waals surface area contributed by atoms with Crippen LogP contribution in [0.25, 0.3) is 0 Å². The van der Waals surface area contributed by atoms with Crippen LogP contribution in [0.2, 0.25) is 5.02 Å². The molecule has 2 aromatic carbocycles. The molecular weight excluding hydrogens is 497 g/mol. The summed E-state index contributed by atoms with van der Waals surface area (Å²) < 4.78 is 1.12. The summed E-state index contributed by atoms with van der Waals surface area (Å²) in [6.45, 7) is 1.89. The van der Waals surface area contributed by atoms with Gasteiger partial charge in [0.15, 0.2) is 5.17 Å². The number of benzene rings is 2. The second-order valence-corrected chi connectivity index (χ2v) is 8.91. The second-order valence-electron chi connectivity index (χ2n) is 6.09. The van der Waals surface area contributed by atoms with Crippen LogP contribution in [0.4, 0.5) is 11.4 Å². The molecule has 8 heteroatoms. The summed E-state index contributed by atoms with van der Waals surface area (Å²) in [6, 6.07) is 13.0. The van der Waals surface area contributed by atoms with Gasteiger partial charge >= 0.3 is 0 Å². The van der Waals surface area contributed by atoms with Crippen molar-refractivity contribution in [2.45, 2.75) is 18.6 Å². The van der Waals surface area contributed by atoms with E-state index in [9.17, 15) is 9.59 Å². The molecule has 1 saturated heterocycles. The molecule has 3 rings (SSSR count). The summed E-state index contributed by atoms with van der Waals surface area (Å²) in [5.41, 5.74) is 2.33. The fraction of sp³-hybridized carbons (Fsp3) is 0.211.